The second kappa shape index (κ2) is 4.56. The van der Waals surface area contributed by atoms with Crippen molar-refractivity contribution in [3.05, 3.63) is 46.5 Å². The van der Waals surface area contributed by atoms with E-state index in [2.05, 4.69) is 42.6 Å². The molecule has 0 spiro atoms. The van der Waals surface area contributed by atoms with Crippen LogP contribution in [-0.4, -0.2) is 7.05 Å². The minimum atomic E-state index is 0.443. The zero-order valence-corrected chi connectivity index (χ0v) is 11.6. The minimum absolute atomic E-state index is 0.443. The molecule has 0 bridgehead atoms. The lowest BCUT2D eigenvalue weighted by Crippen LogP contribution is -2.23. The Morgan fingerprint density at radius 3 is 2.61 bits per heavy atom. The third kappa shape index (κ3) is 1.73. The standard InChI is InChI=1S/C16H18ClN/c1-10-7-8-15(18-2)13-9-14(17)11-5-3-4-6-12(11)16(10)13/h3-6,9-10,15,18H,7-8H2,1-2H3. The molecular weight excluding hydrogens is 242 g/mol. The predicted molar refractivity (Wildman–Crippen MR) is 78.4 cm³/mol. The van der Waals surface area contributed by atoms with Crippen LogP contribution >= 0.6 is 11.6 Å². The van der Waals surface area contributed by atoms with Crippen LogP contribution in [0, 0.1) is 0 Å². The highest BCUT2D eigenvalue weighted by Gasteiger charge is 2.26. The zero-order chi connectivity index (χ0) is 12.7. The number of benzene rings is 2. The lowest BCUT2D eigenvalue weighted by atomic mass is 9.78. The van der Waals surface area contributed by atoms with Gasteiger partial charge in [-0.05, 0) is 48.4 Å². The molecule has 0 aromatic heterocycles. The van der Waals surface area contributed by atoms with Crippen LogP contribution in [0.2, 0.25) is 5.02 Å². The molecule has 2 unspecified atom stereocenters. The van der Waals surface area contributed by atoms with Crippen molar-refractivity contribution in [2.45, 2.75) is 31.7 Å². The third-order valence-electron chi connectivity index (χ3n) is 4.17. The van der Waals surface area contributed by atoms with Crippen molar-refractivity contribution in [2.24, 2.45) is 0 Å². The van der Waals surface area contributed by atoms with Gasteiger partial charge in [0.25, 0.3) is 0 Å². The first kappa shape index (κ1) is 12.0. The van der Waals surface area contributed by atoms with Gasteiger partial charge in [-0.25, -0.2) is 0 Å². The number of nitrogens with one attached hydrogen (secondary N) is 1. The van der Waals surface area contributed by atoms with E-state index in [0.29, 0.717) is 12.0 Å². The van der Waals surface area contributed by atoms with Gasteiger partial charge in [-0.2, -0.15) is 0 Å². The SMILES string of the molecule is CNC1CCC(C)c2c1cc(Cl)c1ccccc21. The molecule has 2 heteroatoms. The van der Waals surface area contributed by atoms with Crippen molar-refractivity contribution in [1.82, 2.24) is 5.32 Å². The normalized spacial score (nSPS) is 23.1. The Labute approximate surface area is 113 Å². The van der Waals surface area contributed by atoms with Crippen molar-refractivity contribution >= 4 is 22.4 Å². The summed E-state index contributed by atoms with van der Waals surface area (Å²) in [6.45, 7) is 2.32. The summed E-state index contributed by atoms with van der Waals surface area (Å²) in [6.07, 6.45) is 2.43. The molecule has 1 aliphatic carbocycles. The maximum absolute atomic E-state index is 6.44. The highest BCUT2D eigenvalue weighted by atomic mass is 35.5. The number of halogens is 1. The average molecular weight is 260 g/mol. The Bertz CT molecular complexity index is 591. The van der Waals surface area contributed by atoms with Gasteiger partial charge in [0.15, 0.2) is 0 Å². The topological polar surface area (TPSA) is 12.0 Å². The first-order valence-electron chi connectivity index (χ1n) is 6.60. The van der Waals surface area contributed by atoms with Crippen molar-refractivity contribution < 1.29 is 0 Å². The van der Waals surface area contributed by atoms with Crippen LogP contribution in [0.25, 0.3) is 10.8 Å². The second-order valence-electron chi connectivity index (χ2n) is 5.23. The number of hydrogen-bond donors (Lipinski definition) is 1. The Kier molecular flexibility index (Phi) is 3.04. The van der Waals surface area contributed by atoms with Crippen molar-refractivity contribution in [1.29, 1.82) is 0 Å². The van der Waals surface area contributed by atoms with Crippen LogP contribution in [0.5, 0.6) is 0 Å². The highest BCUT2D eigenvalue weighted by molar-refractivity contribution is 6.35. The molecule has 2 aromatic rings. The molecule has 1 N–H and O–H groups in total. The molecule has 3 rings (SSSR count). The predicted octanol–water partition coefficient (Wildman–Crippen LogP) is 4.65. The largest absolute Gasteiger partial charge is 0.313 e. The molecule has 0 amide bonds. The third-order valence-corrected chi connectivity index (χ3v) is 4.49. The molecule has 0 fully saturated rings. The summed E-state index contributed by atoms with van der Waals surface area (Å²) in [5.74, 6) is 0.617. The summed E-state index contributed by atoms with van der Waals surface area (Å²) in [5, 5.41) is 6.80. The zero-order valence-electron chi connectivity index (χ0n) is 10.8. The van der Waals surface area contributed by atoms with Crippen LogP contribution in [0.3, 0.4) is 0 Å². The van der Waals surface area contributed by atoms with E-state index in [0.717, 1.165) is 5.02 Å². The summed E-state index contributed by atoms with van der Waals surface area (Å²) in [7, 11) is 2.04. The molecule has 0 saturated heterocycles. The summed E-state index contributed by atoms with van der Waals surface area (Å²) in [4.78, 5) is 0. The van der Waals surface area contributed by atoms with Gasteiger partial charge in [0.05, 0.1) is 0 Å². The number of rotatable bonds is 1. The van der Waals surface area contributed by atoms with E-state index >= 15 is 0 Å². The highest BCUT2D eigenvalue weighted by Crippen LogP contribution is 2.43. The minimum Gasteiger partial charge on any atom is -0.313 e. The number of hydrogen-bond acceptors (Lipinski definition) is 1. The van der Waals surface area contributed by atoms with Gasteiger partial charge in [0.2, 0.25) is 0 Å². The molecule has 1 aliphatic rings. The molecule has 0 radical (unpaired) electrons. The smallest absolute Gasteiger partial charge is 0.0487 e. The summed E-state index contributed by atoms with van der Waals surface area (Å²) >= 11 is 6.44. The van der Waals surface area contributed by atoms with E-state index in [1.54, 1.807) is 0 Å². The van der Waals surface area contributed by atoms with Crippen molar-refractivity contribution in [3.63, 3.8) is 0 Å². The van der Waals surface area contributed by atoms with Gasteiger partial charge >= 0.3 is 0 Å². The lowest BCUT2D eigenvalue weighted by molar-refractivity contribution is 0.462. The van der Waals surface area contributed by atoms with E-state index in [1.807, 2.05) is 7.05 Å². The van der Waals surface area contributed by atoms with Crippen molar-refractivity contribution in [2.75, 3.05) is 7.05 Å². The van der Waals surface area contributed by atoms with E-state index in [4.69, 9.17) is 11.6 Å². The van der Waals surface area contributed by atoms with E-state index in [1.165, 1.54) is 34.7 Å². The first-order chi connectivity index (χ1) is 8.72. The fourth-order valence-electron chi connectivity index (χ4n) is 3.23. The summed E-state index contributed by atoms with van der Waals surface area (Å²) in [5.41, 5.74) is 2.88. The molecule has 2 aromatic carbocycles. The van der Waals surface area contributed by atoms with Crippen LogP contribution in [0.4, 0.5) is 0 Å². The molecule has 0 heterocycles. The monoisotopic (exact) mass is 259 g/mol. The van der Waals surface area contributed by atoms with Gasteiger partial charge in [0.1, 0.15) is 0 Å². The lowest BCUT2D eigenvalue weighted by Gasteiger charge is -2.31. The average Bonchev–Trinajstić information content (AvgIpc) is 2.39. The number of fused-ring (bicyclic) bond motifs is 3. The Morgan fingerprint density at radius 1 is 1.17 bits per heavy atom. The molecular formula is C16H18ClN. The second-order valence-corrected chi connectivity index (χ2v) is 5.63. The Hall–Kier alpha value is -1.05. The molecule has 1 nitrogen and oxygen atoms in total. The fourth-order valence-corrected chi connectivity index (χ4v) is 3.51. The summed E-state index contributed by atoms with van der Waals surface area (Å²) in [6, 6.07) is 11.1. The molecule has 0 saturated carbocycles. The van der Waals surface area contributed by atoms with E-state index in [-0.39, 0.29) is 0 Å². The van der Waals surface area contributed by atoms with Crippen LogP contribution in [0.1, 0.15) is 42.9 Å². The molecule has 18 heavy (non-hydrogen) atoms. The van der Waals surface area contributed by atoms with Crippen LogP contribution < -0.4 is 5.32 Å². The van der Waals surface area contributed by atoms with Crippen molar-refractivity contribution in [3.8, 4) is 0 Å². The Balaban J connectivity index is 2.35. The maximum Gasteiger partial charge on any atom is 0.0487 e. The molecule has 94 valence electrons. The van der Waals surface area contributed by atoms with E-state index < -0.39 is 0 Å². The van der Waals surface area contributed by atoms with Crippen LogP contribution in [0.15, 0.2) is 30.3 Å². The first-order valence-corrected chi connectivity index (χ1v) is 6.98. The maximum atomic E-state index is 6.44. The van der Waals surface area contributed by atoms with Gasteiger partial charge in [0, 0.05) is 16.5 Å². The van der Waals surface area contributed by atoms with Gasteiger partial charge in [-0.3, -0.25) is 0 Å². The molecule has 0 aliphatic heterocycles. The van der Waals surface area contributed by atoms with Gasteiger partial charge in [-0.1, -0.05) is 42.8 Å². The quantitative estimate of drug-likeness (QED) is 0.786. The summed E-state index contributed by atoms with van der Waals surface area (Å²) < 4.78 is 0. The van der Waals surface area contributed by atoms with Gasteiger partial charge < -0.3 is 5.32 Å². The van der Waals surface area contributed by atoms with Crippen LogP contribution in [-0.2, 0) is 0 Å². The fraction of sp³-hybridized carbons (Fsp3) is 0.375. The van der Waals surface area contributed by atoms with Gasteiger partial charge in [-0.15, -0.1) is 0 Å². The molecule has 2 atom stereocenters. The Morgan fingerprint density at radius 2 is 1.89 bits per heavy atom. The van der Waals surface area contributed by atoms with E-state index in [9.17, 15) is 0 Å².